The third-order valence-electron chi connectivity index (χ3n) is 4.31. The molecule has 3 aromatic rings. The van der Waals surface area contributed by atoms with Crippen molar-refractivity contribution in [2.24, 2.45) is 0 Å². The molecule has 2 N–H and O–H groups in total. The van der Waals surface area contributed by atoms with Crippen LogP contribution in [0.5, 0.6) is 17.2 Å². The highest BCUT2D eigenvalue weighted by Gasteiger charge is 2.13. The first kappa shape index (κ1) is 24.0. The van der Waals surface area contributed by atoms with Gasteiger partial charge in [-0.05, 0) is 42.8 Å². The van der Waals surface area contributed by atoms with Gasteiger partial charge in [-0.25, -0.2) is 0 Å². The molecule has 0 spiro atoms. The molecule has 0 amide bonds. The molecule has 0 heterocycles. The first-order valence-corrected chi connectivity index (χ1v) is 11.1. The van der Waals surface area contributed by atoms with Crippen molar-refractivity contribution in [1.82, 2.24) is 0 Å². The molecule has 4 nitrogen and oxygen atoms in total. The Labute approximate surface area is 205 Å². The quantitative estimate of drug-likeness (QED) is 0.293. The Morgan fingerprint density at radius 1 is 0.774 bits per heavy atom. The van der Waals surface area contributed by atoms with Gasteiger partial charge in [0.2, 0.25) is 0 Å². The van der Waals surface area contributed by atoms with E-state index in [-0.39, 0.29) is 22.4 Å². The fraction of sp³-hybridized carbons (Fsp3) is 0.182. The molecule has 0 radical (unpaired) electrons. The Morgan fingerprint density at radius 2 is 1.42 bits per heavy atom. The topological polar surface area (TPSA) is 50.7 Å². The standard InChI is InChI=1S/C22H18Cl5NO3/c1-2-30-20-5-13(10-28-15-7-18(26)22(29)19(27)8-15)17(25)9-21(20)31-11-12-3-4-14(23)6-16(12)24/h3-9,28-29H,2,10-11H2,1H3. The summed E-state index contributed by atoms with van der Waals surface area (Å²) >= 11 is 30.6. The highest BCUT2D eigenvalue weighted by atomic mass is 35.5. The SMILES string of the molecule is CCOc1cc(CNc2cc(Cl)c(O)c(Cl)c2)c(Cl)cc1OCc1ccc(Cl)cc1Cl. The summed E-state index contributed by atoms with van der Waals surface area (Å²) in [6, 6.07) is 11.9. The summed E-state index contributed by atoms with van der Waals surface area (Å²) in [7, 11) is 0. The van der Waals surface area contributed by atoms with E-state index in [4.69, 9.17) is 67.5 Å². The van der Waals surface area contributed by atoms with Crippen molar-refractivity contribution >= 4 is 63.7 Å². The summed E-state index contributed by atoms with van der Waals surface area (Å²) in [5.74, 6) is 0.890. The predicted octanol–water partition coefficient (Wildman–Crippen LogP) is 8.25. The normalized spacial score (nSPS) is 10.8. The molecule has 31 heavy (non-hydrogen) atoms. The van der Waals surface area contributed by atoms with Gasteiger partial charge >= 0.3 is 0 Å². The molecule has 0 unspecified atom stereocenters. The van der Waals surface area contributed by atoms with E-state index >= 15 is 0 Å². The number of rotatable bonds is 8. The van der Waals surface area contributed by atoms with Crippen LogP contribution in [-0.4, -0.2) is 11.7 Å². The maximum Gasteiger partial charge on any atom is 0.163 e. The largest absolute Gasteiger partial charge is 0.505 e. The van der Waals surface area contributed by atoms with Crippen LogP contribution in [0.2, 0.25) is 25.1 Å². The molecular formula is C22H18Cl5NO3. The molecule has 0 aromatic heterocycles. The van der Waals surface area contributed by atoms with Gasteiger partial charge in [-0.2, -0.15) is 0 Å². The second-order valence-electron chi connectivity index (χ2n) is 6.49. The predicted molar refractivity (Wildman–Crippen MR) is 129 cm³/mol. The van der Waals surface area contributed by atoms with Gasteiger partial charge in [-0.1, -0.05) is 64.1 Å². The van der Waals surface area contributed by atoms with Crippen molar-refractivity contribution in [3.05, 3.63) is 78.7 Å². The fourth-order valence-electron chi connectivity index (χ4n) is 2.75. The Balaban J connectivity index is 1.78. The maximum absolute atomic E-state index is 9.69. The Hall–Kier alpha value is -1.69. The molecular weight excluding hydrogens is 504 g/mol. The van der Waals surface area contributed by atoms with Gasteiger partial charge in [0, 0.05) is 38.9 Å². The number of anilines is 1. The summed E-state index contributed by atoms with van der Waals surface area (Å²) in [5.41, 5.74) is 2.21. The number of ether oxygens (including phenoxy) is 2. The van der Waals surface area contributed by atoms with Gasteiger partial charge in [-0.3, -0.25) is 0 Å². The fourth-order valence-corrected chi connectivity index (χ4v) is 3.92. The van der Waals surface area contributed by atoms with Crippen molar-refractivity contribution in [1.29, 1.82) is 0 Å². The van der Waals surface area contributed by atoms with Crippen molar-refractivity contribution in [3.8, 4) is 17.2 Å². The van der Waals surface area contributed by atoms with Crippen LogP contribution in [0, 0.1) is 0 Å². The second kappa shape index (κ2) is 10.8. The van der Waals surface area contributed by atoms with Gasteiger partial charge in [0.25, 0.3) is 0 Å². The van der Waals surface area contributed by atoms with E-state index in [1.54, 1.807) is 42.5 Å². The lowest BCUT2D eigenvalue weighted by atomic mass is 10.2. The number of phenolic OH excluding ortho intramolecular Hbond substituents is 1. The first-order chi connectivity index (χ1) is 14.8. The van der Waals surface area contributed by atoms with Crippen molar-refractivity contribution in [2.45, 2.75) is 20.1 Å². The molecule has 0 saturated heterocycles. The van der Waals surface area contributed by atoms with Crippen LogP contribution in [-0.2, 0) is 13.2 Å². The molecule has 0 aliphatic carbocycles. The van der Waals surface area contributed by atoms with Crippen LogP contribution in [0.1, 0.15) is 18.1 Å². The van der Waals surface area contributed by atoms with Crippen LogP contribution in [0.25, 0.3) is 0 Å². The molecule has 0 saturated carbocycles. The minimum atomic E-state index is -0.159. The number of aromatic hydroxyl groups is 1. The molecule has 3 aromatic carbocycles. The monoisotopic (exact) mass is 519 g/mol. The summed E-state index contributed by atoms with van der Waals surface area (Å²) in [6.07, 6.45) is 0. The molecule has 0 aliphatic rings. The second-order valence-corrected chi connectivity index (χ2v) is 8.56. The van der Waals surface area contributed by atoms with E-state index in [9.17, 15) is 5.11 Å². The summed E-state index contributed by atoms with van der Waals surface area (Å²) < 4.78 is 11.7. The molecule has 9 heteroatoms. The number of hydrogen-bond donors (Lipinski definition) is 2. The van der Waals surface area contributed by atoms with Gasteiger partial charge in [0.05, 0.1) is 16.7 Å². The molecule has 0 bridgehead atoms. The summed E-state index contributed by atoms with van der Waals surface area (Å²) in [4.78, 5) is 0. The maximum atomic E-state index is 9.69. The first-order valence-electron chi connectivity index (χ1n) is 9.22. The van der Waals surface area contributed by atoms with E-state index in [0.717, 1.165) is 11.1 Å². The Bertz CT molecular complexity index is 1070. The number of nitrogens with one attached hydrogen (secondary N) is 1. The molecule has 0 fully saturated rings. The van der Waals surface area contributed by atoms with Crippen LogP contribution in [0.3, 0.4) is 0 Å². The lowest BCUT2D eigenvalue weighted by Crippen LogP contribution is -2.04. The zero-order valence-electron chi connectivity index (χ0n) is 16.3. The zero-order valence-corrected chi connectivity index (χ0v) is 20.1. The average molecular weight is 522 g/mol. The third-order valence-corrected chi connectivity index (χ3v) is 5.83. The summed E-state index contributed by atoms with van der Waals surface area (Å²) in [6.45, 7) is 2.94. The summed E-state index contributed by atoms with van der Waals surface area (Å²) in [5, 5.41) is 14.7. The van der Waals surface area contributed by atoms with E-state index in [1.807, 2.05) is 6.92 Å². The molecule has 3 rings (SSSR count). The van der Waals surface area contributed by atoms with Crippen LogP contribution in [0.4, 0.5) is 5.69 Å². The van der Waals surface area contributed by atoms with Crippen LogP contribution < -0.4 is 14.8 Å². The average Bonchev–Trinajstić information content (AvgIpc) is 2.72. The van der Waals surface area contributed by atoms with Crippen molar-refractivity contribution in [2.75, 3.05) is 11.9 Å². The lowest BCUT2D eigenvalue weighted by Gasteiger charge is -2.16. The third kappa shape index (κ3) is 6.18. The van der Waals surface area contributed by atoms with Gasteiger partial charge in [-0.15, -0.1) is 0 Å². The van der Waals surface area contributed by atoms with Crippen LogP contribution in [0.15, 0.2) is 42.5 Å². The van der Waals surface area contributed by atoms with Crippen molar-refractivity contribution in [3.63, 3.8) is 0 Å². The number of phenols is 1. The zero-order chi connectivity index (χ0) is 22.5. The minimum Gasteiger partial charge on any atom is -0.505 e. The van der Waals surface area contributed by atoms with E-state index < -0.39 is 0 Å². The lowest BCUT2D eigenvalue weighted by molar-refractivity contribution is 0.269. The smallest absolute Gasteiger partial charge is 0.163 e. The Kier molecular flexibility index (Phi) is 8.31. The highest BCUT2D eigenvalue weighted by Crippen LogP contribution is 2.37. The molecule has 164 valence electrons. The number of hydrogen-bond acceptors (Lipinski definition) is 4. The van der Waals surface area contributed by atoms with Crippen LogP contribution >= 0.6 is 58.0 Å². The van der Waals surface area contributed by atoms with E-state index in [1.165, 1.54) is 0 Å². The van der Waals surface area contributed by atoms with Gasteiger partial charge in [0.1, 0.15) is 6.61 Å². The van der Waals surface area contributed by atoms with Gasteiger partial charge < -0.3 is 19.9 Å². The number of benzene rings is 3. The Morgan fingerprint density at radius 3 is 2.06 bits per heavy atom. The van der Waals surface area contributed by atoms with Crippen molar-refractivity contribution < 1.29 is 14.6 Å². The van der Waals surface area contributed by atoms with E-state index in [0.29, 0.717) is 45.4 Å². The molecule has 0 aliphatic heterocycles. The highest BCUT2D eigenvalue weighted by molar-refractivity contribution is 6.37. The minimum absolute atomic E-state index is 0.153. The number of halogens is 5. The van der Waals surface area contributed by atoms with E-state index in [2.05, 4.69) is 5.32 Å². The van der Waals surface area contributed by atoms with Gasteiger partial charge in [0.15, 0.2) is 17.2 Å². The molecule has 0 atom stereocenters.